The van der Waals surface area contributed by atoms with Crippen molar-refractivity contribution in [3.05, 3.63) is 22.5 Å². The quantitative estimate of drug-likeness (QED) is 0.476. The average molecular weight is 331 g/mol. The molecule has 1 saturated heterocycles. The number of nitrogens with two attached hydrogens (primary N) is 1. The van der Waals surface area contributed by atoms with E-state index >= 15 is 0 Å². The third kappa shape index (κ3) is 2.91. The molecule has 126 valence electrons. The average Bonchev–Trinajstić information content (AvgIpc) is 2.74. The molecule has 1 aliphatic heterocycles. The molecule has 0 bridgehead atoms. The Morgan fingerprint density at radius 2 is 2.30 bits per heavy atom. The molecule has 5 N–H and O–H groups in total. The van der Waals surface area contributed by atoms with Crippen LogP contribution in [0, 0.1) is 17.7 Å². The second-order valence-electron chi connectivity index (χ2n) is 5.06. The van der Waals surface area contributed by atoms with E-state index in [2.05, 4.69) is 10.9 Å². The van der Waals surface area contributed by atoms with Gasteiger partial charge in [-0.3, -0.25) is 4.57 Å². The highest BCUT2D eigenvalue weighted by Crippen LogP contribution is 2.38. The van der Waals surface area contributed by atoms with Crippen molar-refractivity contribution >= 4 is 5.82 Å². The van der Waals surface area contributed by atoms with E-state index in [0.717, 1.165) is 0 Å². The number of nitrogens with zero attached hydrogens (tertiary/aromatic N) is 2. The summed E-state index contributed by atoms with van der Waals surface area (Å²) in [6, 6.07) is 0. The third-order valence-electron chi connectivity index (χ3n) is 3.44. The molecule has 8 nitrogen and oxygen atoms in total. The summed E-state index contributed by atoms with van der Waals surface area (Å²) in [5.74, 6) is 2.26. The third-order valence-corrected chi connectivity index (χ3v) is 3.44. The van der Waals surface area contributed by atoms with Gasteiger partial charge in [0.2, 0.25) is 0 Å². The fourth-order valence-electron chi connectivity index (χ4n) is 2.31. The number of halogens is 2. The van der Waals surface area contributed by atoms with Crippen LogP contribution >= 0.6 is 0 Å². The topological polar surface area (TPSA) is 131 Å². The minimum Gasteiger partial charge on any atom is -0.391 e. The lowest BCUT2D eigenvalue weighted by atomic mass is 9.92. The van der Waals surface area contributed by atoms with Crippen LogP contribution < -0.4 is 11.4 Å². The number of ether oxygens (including phenoxy) is 1. The van der Waals surface area contributed by atoms with Crippen LogP contribution in [-0.2, 0) is 4.74 Å². The van der Waals surface area contributed by atoms with Crippen molar-refractivity contribution in [2.45, 2.75) is 37.1 Å². The lowest BCUT2D eigenvalue weighted by Gasteiger charge is -2.26. The van der Waals surface area contributed by atoms with Gasteiger partial charge in [-0.1, -0.05) is 11.8 Å². The van der Waals surface area contributed by atoms with Gasteiger partial charge < -0.3 is 25.8 Å². The van der Waals surface area contributed by atoms with E-state index in [4.69, 9.17) is 10.5 Å². The number of aliphatic hydroxyl groups is 3. The molecule has 0 radical (unpaired) electrons. The number of aliphatic hydroxyl groups excluding tert-OH is 2. The highest BCUT2D eigenvalue weighted by molar-refractivity contribution is 5.28. The maximum absolute atomic E-state index is 13.6. The first kappa shape index (κ1) is 17.3. The monoisotopic (exact) mass is 331 g/mol. The molecule has 0 spiro atoms. The molecule has 0 saturated carbocycles. The van der Waals surface area contributed by atoms with E-state index in [1.54, 1.807) is 0 Å². The van der Waals surface area contributed by atoms with Gasteiger partial charge in [-0.25, -0.2) is 13.6 Å². The SMILES string of the molecule is C[C@@H](O)[C@H]1O[C@@H](n2cc(F)c(N)nc2=O)C(O)(C#CCF)[C@H]1O. The molecule has 23 heavy (non-hydrogen) atoms. The lowest BCUT2D eigenvalue weighted by molar-refractivity contribution is -0.0886. The molecular formula is C13H15F2N3O5. The number of alkyl halides is 1. The molecule has 0 amide bonds. The Morgan fingerprint density at radius 3 is 2.87 bits per heavy atom. The molecule has 0 aliphatic carbocycles. The van der Waals surface area contributed by atoms with Crippen LogP contribution in [0.3, 0.4) is 0 Å². The minimum atomic E-state index is -2.46. The highest BCUT2D eigenvalue weighted by atomic mass is 19.1. The van der Waals surface area contributed by atoms with Crippen LogP contribution in [-0.4, -0.2) is 55.5 Å². The fraction of sp³-hybridized carbons (Fsp3) is 0.538. The summed E-state index contributed by atoms with van der Waals surface area (Å²) < 4.78 is 31.7. The molecule has 0 aromatic carbocycles. The van der Waals surface area contributed by atoms with Crippen LogP contribution in [0.25, 0.3) is 0 Å². The Labute approximate surface area is 129 Å². The first-order valence-electron chi connectivity index (χ1n) is 6.56. The zero-order valence-electron chi connectivity index (χ0n) is 12.0. The van der Waals surface area contributed by atoms with Crippen molar-refractivity contribution in [3.8, 4) is 11.8 Å². The Morgan fingerprint density at radius 1 is 1.65 bits per heavy atom. The Bertz CT molecular complexity index is 714. The molecule has 1 aromatic rings. The van der Waals surface area contributed by atoms with Crippen molar-refractivity contribution in [1.29, 1.82) is 0 Å². The maximum atomic E-state index is 13.6. The van der Waals surface area contributed by atoms with E-state index in [1.165, 1.54) is 6.92 Å². The predicted octanol–water partition coefficient (Wildman–Crippen LogP) is -1.69. The molecule has 1 aromatic heterocycles. The fourth-order valence-corrected chi connectivity index (χ4v) is 2.31. The van der Waals surface area contributed by atoms with E-state index in [1.807, 2.05) is 5.92 Å². The van der Waals surface area contributed by atoms with Crippen LogP contribution in [0.15, 0.2) is 11.0 Å². The van der Waals surface area contributed by atoms with Gasteiger partial charge in [0.15, 0.2) is 23.5 Å². The molecule has 5 atom stereocenters. The number of aromatic nitrogens is 2. The van der Waals surface area contributed by atoms with Gasteiger partial charge >= 0.3 is 5.69 Å². The number of nitrogen functional groups attached to an aromatic ring is 1. The van der Waals surface area contributed by atoms with Gasteiger partial charge in [-0.2, -0.15) is 4.98 Å². The van der Waals surface area contributed by atoms with Crippen molar-refractivity contribution in [3.63, 3.8) is 0 Å². The van der Waals surface area contributed by atoms with E-state index in [9.17, 15) is 28.9 Å². The Kier molecular flexibility index (Phi) is 4.67. The number of hydrogen-bond donors (Lipinski definition) is 4. The molecule has 1 aliphatic rings. The molecule has 1 unspecified atom stereocenters. The standard InChI is InChI=1S/C13H15F2N3O5/c1-6(19)8-9(20)13(22,3-2-4-14)11(23-8)18-5-7(15)10(16)17-12(18)21/h5-6,8-9,11,19-20,22H,4H2,1H3,(H2,16,17,21)/t6-,8-,9+,11-,13?/m1/s1. The van der Waals surface area contributed by atoms with Crippen LogP contribution in [0.5, 0.6) is 0 Å². The maximum Gasteiger partial charge on any atom is 0.351 e. The zero-order valence-corrected chi connectivity index (χ0v) is 12.0. The van der Waals surface area contributed by atoms with Gasteiger partial charge in [0.05, 0.1) is 12.3 Å². The van der Waals surface area contributed by atoms with Crippen molar-refractivity contribution in [1.82, 2.24) is 9.55 Å². The minimum absolute atomic E-state index is 0.532. The first-order valence-corrected chi connectivity index (χ1v) is 6.56. The second-order valence-corrected chi connectivity index (χ2v) is 5.06. The first-order chi connectivity index (χ1) is 10.7. The van der Waals surface area contributed by atoms with Crippen LogP contribution in [0.2, 0.25) is 0 Å². The smallest absolute Gasteiger partial charge is 0.351 e. The second kappa shape index (κ2) is 6.21. The summed E-state index contributed by atoms with van der Waals surface area (Å²) in [5, 5.41) is 30.3. The van der Waals surface area contributed by atoms with E-state index in [0.29, 0.717) is 10.8 Å². The summed E-state index contributed by atoms with van der Waals surface area (Å²) in [6.45, 7) is 0.133. The van der Waals surface area contributed by atoms with Crippen molar-refractivity contribution < 1.29 is 28.8 Å². The van der Waals surface area contributed by atoms with Gasteiger partial charge in [-0.05, 0) is 6.92 Å². The molecule has 2 rings (SSSR count). The Hall–Kier alpha value is -2.06. The largest absolute Gasteiger partial charge is 0.391 e. The molecule has 1 fully saturated rings. The van der Waals surface area contributed by atoms with Gasteiger partial charge in [0.25, 0.3) is 0 Å². The van der Waals surface area contributed by atoms with Crippen molar-refractivity contribution in [2.75, 3.05) is 12.4 Å². The van der Waals surface area contributed by atoms with Gasteiger partial charge in [0.1, 0.15) is 18.9 Å². The van der Waals surface area contributed by atoms with E-state index < -0.39 is 54.1 Å². The number of rotatable bonds is 2. The summed E-state index contributed by atoms with van der Waals surface area (Å²) in [5.41, 5.74) is 1.64. The summed E-state index contributed by atoms with van der Waals surface area (Å²) in [7, 11) is 0. The molecule has 10 heteroatoms. The van der Waals surface area contributed by atoms with E-state index in [-0.39, 0.29) is 0 Å². The molecule has 2 heterocycles. The van der Waals surface area contributed by atoms with Gasteiger partial charge in [0, 0.05) is 0 Å². The van der Waals surface area contributed by atoms with Crippen LogP contribution in [0.4, 0.5) is 14.6 Å². The summed E-state index contributed by atoms with van der Waals surface area (Å²) in [6.07, 6.45) is -5.47. The Balaban J connectivity index is 2.58. The lowest BCUT2D eigenvalue weighted by Crippen LogP contribution is -2.48. The molecular weight excluding hydrogens is 316 g/mol. The number of anilines is 1. The summed E-state index contributed by atoms with van der Waals surface area (Å²) in [4.78, 5) is 15.1. The highest BCUT2D eigenvalue weighted by Gasteiger charge is 2.57. The van der Waals surface area contributed by atoms with Crippen LogP contribution in [0.1, 0.15) is 13.2 Å². The number of hydrogen-bond acceptors (Lipinski definition) is 7. The summed E-state index contributed by atoms with van der Waals surface area (Å²) >= 11 is 0. The zero-order chi connectivity index (χ0) is 17.4. The predicted molar refractivity (Wildman–Crippen MR) is 73.2 cm³/mol. The van der Waals surface area contributed by atoms with Crippen molar-refractivity contribution in [2.24, 2.45) is 0 Å². The normalized spacial score (nSPS) is 31.5. The van der Waals surface area contributed by atoms with Gasteiger partial charge in [-0.15, -0.1) is 0 Å².